The van der Waals surface area contributed by atoms with Crippen molar-refractivity contribution in [3.05, 3.63) is 42.2 Å². The van der Waals surface area contributed by atoms with E-state index in [1.54, 1.807) is 39.5 Å². The van der Waals surface area contributed by atoms with Gasteiger partial charge >= 0.3 is 0 Å². The topological polar surface area (TPSA) is 56.5 Å². The number of thioether (sulfide) groups is 2. The number of benzene rings is 1. The van der Waals surface area contributed by atoms with Crippen LogP contribution in [0, 0.1) is 0 Å². The van der Waals surface area contributed by atoms with Crippen molar-refractivity contribution in [1.82, 2.24) is 25.2 Å². The predicted molar refractivity (Wildman–Crippen MR) is 87.3 cm³/mol. The quantitative estimate of drug-likeness (QED) is 0.663. The molecule has 3 rings (SSSR count). The lowest BCUT2D eigenvalue weighted by Crippen LogP contribution is -1.93. The Bertz CT molecular complexity index is 709. The average molecular weight is 335 g/mol. The summed E-state index contributed by atoms with van der Waals surface area (Å²) in [7, 11) is 0. The van der Waals surface area contributed by atoms with Crippen LogP contribution in [0.2, 0.25) is 0 Å². The zero-order valence-electron chi connectivity index (χ0n) is 11.5. The van der Waals surface area contributed by atoms with Crippen molar-refractivity contribution in [3.8, 4) is 5.69 Å². The molecular weight excluding hydrogens is 322 g/mol. The van der Waals surface area contributed by atoms with Gasteiger partial charge in [0.05, 0.1) is 22.8 Å². The highest BCUT2D eigenvalue weighted by Crippen LogP contribution is 2.36. The predicted octanol–water partition coefficient (Wildman–Crippen LogP) is 3.69. The third-order valence-electron chi connectivity index (χ3n) is 2.79. The molecule has 108 valence electrons. The van der Waals surface area contributed by atoms with E-state index in [9.17, 15) is 0 Å². The minimum Gasteiger partial charge on any atom is -0.220 e. The van der Waals surface area contributed by atoms with Crippen molar-refractivity contribution in [1.29, 1.82) is 0 Å². The fraction of sp³-hybridized carbons (Fsp3) is 0.231. The molecule has 1 aromatic carbocycles. The van der Waals surface area contributed by atoms with E-state index in [4.69, 9.17) is 0 Å². The normalized spacial score (nSPS) is 12.5. The Morgan fingerprint density at radius 1 is 1.10 bits per heavy atom. The molecule has 0 bridgehead atoms. The molecule has 0 aliphatic rings. The Hall–Kier alpha value is -1.38. The summed E-state index contributed by atoms with van der Waals surface area (Å²) in [5.74, 6) is 0. The van der Waals surface area contributed by atoms with E-state index < -0.39 is 0 Å². The van der Waals surface area contributed by atoms with Gasteiger partial charge in [0.1, 0.15) is 0 Å². The Labute approximate surface area is 135 Å². The van der Waals surface area contributed by atoms with Crippen molar-refractivity contribution in [2.75, 3.05) is 6.26 Å². The highest BCUT2D eigenvalue weighted by molar-refractivity contribution is 8.03. The summed E-state index contributed by atoms with van der Waals surface area (Å²) in [5.41, 5.74) is 1.94. The molecule has 0 aliphatic carbocycles. The summed E-state index contributed by atoms with van der Waals surface area (Å²) in [4.78, 5) is 0. The highest BCUT2D eigenvalue weighted by Gasteiger charge is 2.15. The average Bonchev–Trinajstić information content (AvgIpc) is 3.17. The van der Waals surface area contributed by atoms with Crippen molar-refractivity contribution in [2.45, 2.75) is 20.9 Å². The standard InChI is InChI=1S/C13H13N5S3/c1-9(20-13-16-15-12(19-2)21-13)11-8-18(17-14-11)10-6-4-3-5-7-10/h3-9H,1-2H3/t9-/m0/s1. The van der Waals surface area contributed by atoms with Gasteiger partial charge in [-0.25, -0.2) is 4.68 Å². The SMILES string of the molecule is CSc1nnc(S[C@@H](C)c2cn(-c3ccccc3)nn2)s1. The first kappa shape index (κ1) is 14.6. The third-order valence-corrected chi connectivity index (χ3v) is 5.90. The molecule has 0 saturated heterocycles. The first-order valence-electron chi connectivity index (χ1n) is 6.28. The number of aromatic nitrogens is 5. The number of hydrogen-bond acceptors (Lipinski definition) is 7. The van der Waals surface area contributed by atoms with E-state index >= 15 is 0 Å². The molecule has 8 heteroatoms. The first-order chi connectivity index (χ1) is 10.3. The van der Waals surface area contributed by atoms with Gasteiger partial charge in [-0.05, 0) is 25.3 Å². The van der Waals surface area contributed by atoms with E-state index in [0.717, 1.165) is 20.1 Å². The second kappa shape index (κ2) is 6.59. The molecule has 2 heterocycles. The Balaban J connectivity index is 1.73. The van der Waals surface area contributed by atoms with E-state index in [0.29, 0.717) is 0 Å². The van der Waals surface area contributed by atoms with Crippen LogP contribution >= 0.6 is 34.9 Å². The van der Waals surface area contributed by atoms with Crippen LogP contribution in [0.3, 0.4) is 0 Å². The summed E-state index contributed by atoms with van der Waals surface area (Å²) in [6, 6.07) is 9.97. The minimum atomic E-state index is 0.185. The van der Waals surface area contributed by atoms with Gasteiger partial charge in [0, 0.05) is 0 Å². The molecule has 0 radical (unpaired) electrons. The maximum atomic E-state index is 4.26. The zero-order chi connectivity index (χ0) is 14.7. The van der Waals surface area contributed by atoms with Crippen LogP contribution in [0.5, 0.6) is 0 Å². The van der Waals surface area contributed by atoms with Gasteiger partial charge in [0.25, 0.3) is 0 Å². The van der Waals surface area contributed by atoms with Crippen LogP contribution in [-0.4, -0.2) is 31.4 Å². The van der Waals surface area contributed by atoms with Crippen molar-refractivity contribution >= 4 is 34.9 Å². The highest BCUT2D eigenvalue weighted by atomic mass is 32.2. The minimum absolute atomic E-state index is 0.185. The second-order valence-electron chi connectivity index (χ2n) is 4.22. The van der Waals surface area contributed by atoms with E-state index in [-0.39, 0.29) is 5.25 Å². The lowest BCUT2D eigenvalue weighted by molar-refractivity contribution is 0.797. The molecule has 0 aliphatic heterocycles. The molecule has 5 nitrogen and oxygen atoms in total. The van der Waals surface area contributed by atoms with Crippen molar-refractivity contribution < 1.29 is 0 Å². The largest absolute Gasteiger partial charge is 0.220 e. The van der Waals surface area contributed by atoms with Gasteiger partial charge in [-0.15, -0.1) is 15.3 Å². The van der Waals surface area contributed by atoms with Gasteiger partial charge in [0.15, 0.2) is 8.68 Å². The summed E-state index contributed by atoms with van der Waals surface area (Å²) in [6.45, 7) is 2.10. The van der Waals surface area contributed by atoms with Gasteiger partial charge < -0.3 is 0 Å². The van der Waals surface area contributed by atoms with Crippen molar-refractivity contribution in [3.63, 3.8) is 0 Å². The lowest BCUT2D eigenvalue weighted by atomic mass is 10.3. The molecule has 0 N–H and O–H groups in total. The van der Waals surface area contributed by atoms with E-state index in [1.165, 1.54) is 0 Å². The zero-order valence-corrected chi connectivity index (χ0v) is 14.0. The van der Waals surface area contributed by atoms with E-state index in [2.05, 4.69) is 27.4 Å². The number of hydrogen-bond donors (Lipinski definition) is 0. The number of rotatable bonds is 5. The van der Waals surface area contributed by atoms with Crippen LogP contribution < -0.4 is 0 Å². The monoisotopic (exact) mass is 335 g/mol. The fourth-order valence-electron chi connectivity index (χ4n) is 1.71. The van der Waals surface area contributed by atoms with Crippen LogP contribution in [0.25, 0.3) is 5.69 Å². The van der Waals surface area contributed by atoms with Crippen LogP contribution in [0.15, 0.2) is 45.2 Å². The van der Waals surface area contributed by atoms with Crippen LogP contribution in [0.1, 0.15) is 17.9 Å². The molecule has 0 fully saturated rings. The molecule has 0 spiro atoms. The molecule has 0 unspecified atom stereocenters. The molecule has 0 saturated carbocycles. The molecule has 2 aromatic heterocycles. The van der Waals surface area contributed by atoms with Gasteiger partial charge in [0.2, 0.25) is 0 Å². The summed E-state index contributed by atoms with van der Waals surface area (Å²) >= 11 is 4.88. The molecular formula is C13H13N5S3. The third kappa shape index (κ3) is 3.45. The van der Waals surface area contributed by atoms with Crippen molar-refractivity contribution in [2.24, 2.45) is 0 Å². The van der Waals surface area contributed by atoms with E-state index in [1.807, 2.05) is 42.8 Å². The lowest BCUT2D eigenvalue weighted by Gasteiger charge is -2.03. The Kier molecular flexibility index (Phi) is 4.57. The van der Waals surface area contributed by atoms with Crippen LogP contribution in [-0.2, 0) is 0 Å². The first-order valence-corrected chi connectivity index (χ1v) is 9.20. The Morgan fingerprint density at radius 2 is 1.86 bits per heavy atom. The maximum absolute atomic E-state index is 4.26. The molecule has 3 aromatic rings. The Morgan fingerprint density at radius 3 is 2.57 bits per heavy atom. The fourth-order valence-corrected chi connectivity index (χ4v) is 4.35. The number of para-hydroxylation sites is 1. The second-order valence-corrected chi connectivity index (χ2v) is 7.84. The summed E-state index contributed by atoms with van der Waals surface area (Å²) in [6.07, 6.45) is 3.97. The maximum Gasteiger partial charge on any atom is 0.175 e. The summed E-state index contributed by atoms with van der Waals surface area (Å²) < 4.78 is 3.73. The van der Waals surface area contributed by atoms with Gasteiger partial charge in [-0.2, -0.15) is 0 Å². The summed E-state index contributed by atoms with van der Waals surface area (Å²) in [5, 5.41) is 16.9. The van der Waals surface area contributed by atoms with Crippen LogP contribution in [0.4, 0.5) is 0 Å². The smallest absolute Gasteiger partial charge is 0.175 e. The van der Waals surface area contributed by atoms with Gasteiger partial charge in [-0.1, -0.05) is 58.3 Å². The molecule has 1 atom stereocenters. The molecule has 21 heavy (non-hydrogen) atoms. The number of nitrogens with zero attached hydrogens (tertiary/aromatic N) is 5. The molecule has 0 amide bonds. The van der Waals surface area contributed by atoms with Gasteiger partial charge in [-0.3, -0.25) is 0 Å².